The summed E-state index contributed by atoms with van der Waals surface area (Å²) < 4.78 is 10.6. The Hall–Kier alpha value is -2.92. The standard InChI is InChI=1S/C25H28N2O3/c1-17-12-22-15-26-23(13-21(22)14-24(17)30-3)19-8-10-27(11-9-19)25(28)20-6-4-18(5-7-20)16-29-2/h4-7,12-15,19H,8-11,16H2,1-3H3. The molecule has 0 aliphatic carbocycles. The summed E-state index contributed by atoms with van der Waals surface area (Å²) in [5, 5.41) is 2.28. The molecule has 0 spiro atoms. The van der Waals surface area contributed by atoms with E-state index in [2.05, 4.69) is 18.2 Å². The van der Waals surface area contributed by atoms with Crippen LogP contribution in [0.3, 0.4) is 0 Å². The fraction of sp³-hybridized carbons (Fsp3) is 0.360. The monoisotopic (exact) mass is 404 g/mol. The van der Waals surface area contributed by atoms with Crippen LogP contribution in [-0.2, 0) is 11.3 Å². The minimum absolute atomic E-state index is 0.101. The predicted octanol–water partition coefficient (Wildman–Crippen LogP) is 4.72. The Kier molecular flexibility index (Phi) is 6.00. The van der Waals surface area contributed by atoms with Crippen LogP contribution < -0.4 is 4.74 Å². The highest BCUT2D eigenvalue weighted by Crippen LogP contribution is 2.31. The first kappa shape index (κ1) is 20.4. The number of methoxy groups -OCH3 is 2. The molecule has 4 rings (SSSR count). The van der Waals surface area contributed by atoms with Gasteiger partial charge >= 0.3 is 0 Å². The van der Waals surface area contributed by atoms with E-state index in [1.165, 1.54) is 0 Å². The van der Waals surface area contributed by atoms with Gasteiger partial charge in [-0.3, -0.25) is 9.78 Å². The maximum absolute atomic E-state index is 12.9. The van der Waals surface area contributed by atoms with Crippen LogP contribution in [0.1, 0.15) is 45.9 Å². The lowest BCUT2D eigenvalue weighted by atomic mass is 9.91. The molecule has 0 saturated carbocycles. The zero-order valence-electron chi connectivity index (χ0n) is 17.9. The fourth-order valence-electron chi connectivity index (χ4n) is 4.22. The Bertz CT molecular complexity index is 1040. The third kappa shape index (κ3) is 4.17. The van der Waals surface area contributed by atoms with Gasteiger partial charge in [-0.15, -0.1) is 0 Å². The van der Waals surface area contributed by atoms with Crippen molar-refractivity contribution in [2.24, 2.45) is 0 Å². The third-order valence-electron chi connectivity index (χ3n) is 5.97. The number of benzene rings is 2. The lowest BCUT2D eigenvalue weighted by Gasteiger charge is -2.32. The average molecular weight is 405 g/mol. The van der Waals surface area contributed by atoms with Gasteiger partial charge in [-0.2, -0.15) is 0 Å². The SMILES string of the molecule is COCc1ccc(C(=O)N2CCC(c3cc4cc(OC)c(C)cc4cn3)CC2)cc1. The molecular weight excluding hydrogens is 376 g/mol. The number of nitrogens with zero attached hydrogens (tertiary/aromatic N) is 2. The van der Waals surface area contributed by atoms with E-state index in [9.17, 15) is 4.79 Å². The van der Waals surface area contributed by atoms with Gasteiger partial charge in [0.2, 0.25) is 0 Å². The van der Waals surface area contributed by atoms with E-state index in [0.29, 0.717) is 12.5 Å². The molecule has 5 nitrogen and oxygen atoms in total. The lowest BCUT2D eigenvalue weighted by Crippen LogP contribution is -2.38. The van der Waals surface area contributed by atoms with E-state index in [1.807, 2.05) is 42.3 Å². The average Bonchev–Trinajstić information content (AvgIpc) is 2.79. The van der Waals surface area contributed by atoms with Crippen molar-refractivity contribution in [3.8, 4) is 5.75 Å². The van der Waals surface area contributed by atoms with E-state index < -0.39 is 0 Å². The molecule has 5 heteroatoms. The molecular formula is C25H28N2O3. The van der Waals surface area contributed by atoms with Gasteiger partial charge < -0.3 is 14.4 Å². The van der Waals surface area contributed by atoms with Crippen molar-refractivity contribution >= 4 is 16.7 Å². The smallest absolute Gasteiger partial charge is 0.253 e. The van der Waals surface area contributed by atoms with Crippen LogP contribution >= 0.6 is 0 Å². The van der Waals surface area contributed by atoms with Crippen molar-refractivity contribution in [3.63, 3.8) is 0 Å². The molecule has 156 valence electrons. The van der Waals surface area contributed by atoms with Crippen molar-refractivity contribution in [3.05, 3.63) is 71.0 Å². The van der Waals surface area contributed by atoms with Crippen LogP contribution in [0, 0.1) is 6.92 Å². The molecule has 1 aliphatic rings. The van der Waals surface area contributed by atoms with E-state index >= 15 is 0 Å². The van der Waals surface area contributed by atoms with Crippen molar-refractivity contribution in [2.45, 2.75) is 32.3 Å². The summed E-state index contributed by atoms with van der Waals surface area (Å²) in [5.41, 5.74) is 4.02. The fourth-order valence-corrected chi connectivity index (χ4v) is 4.22. The number of likely N-dealkylation sites (tertiary alicyclic amines) is 1. The molecule has 3 aromatic rings. The number of ether oxygens (including phenoxy) is 2. The number of rotatable bonds is 5. The number of hydrogen-bond donors (Lipinski definition) is 0. The number of carbonyl (C=O) groups is 1. The van der Waals surface area contributed by atoms with Gasteiger partial charge in [-0.05, 0) is 66.6 Å². The number of fused-ring (bicyclic) bond motifs is 1. The van der Waals surface area contributed by atoms with Crippen LogP contribution in [0.4, 0.5) is 0 Å². The summed E-state index contributed by atoms with van der Waals surface area (Å²) in [6.45, 7) is 4.11. The highest BCUT2D eigenvalue weighted by atomic mass is 16.5. The zero-order valence-corrected chi connectivity index (χ0v) is 17.9. The van der Waals surface area contributed by atoms with Gasteiger partial charge in [0.05, 0.1) is 13.7 Å². The number of pyridine rings is 1. The van der Waals surface area contributed by atoms with Gasteiger partial charge in [0.25, 0.3) is 5.91 Å². The zero-order chi connectivity index (χ0) is 21.1. The number of aryl methyl sites for hydroxylation is 1. The van der Waals surface area contributed by atoms with Crippen LogP contribution in [0.15, 0.2) is 48.7 Å². The Balaban J connectivity index is 1.43. The molecule has 1 saturated heterocycles. The van der Waals surface area contributed by atoms with Crippen molar-refractivity contribution < 1.29 is 14.3 Å². The Labute approximate surface area is 177 Å². The number of hydrogen-bond acceptors (Lipinski definition) is 4. The van der Waals surface area contributed by atoms with Crippen LogP contribution in [-0.4, -0.2) is 43.1 Å². The maximum Gasteiger partial charge on any atom is 0.253 e. The van der Waals surface area contributed by atoms with E-state index in [4.69, 9.17) is 14.5 Å². The molecule has 1 amide bonds. The minimum atomic E-state index is 0.101. The normalized spacial score (nSPS) is 14.8. The first-order valence-electron chi connectivity index (χ1n) is 10.4. The Morgan fingerprint density at radius 3 is 2.47 bits per heavy atom. The van der Waals surface area contributed by atoms with E-state index in [-0.39, 0.29) is 5.91 Å². The topological polar surface area (TPSA) is 51.7 Å². The second-order valence-electron chi connectivity index (χ2n) is 7.97. The highest BCUT2D eigenvalue weighted by Gasteiger charge is 2.25. The van der Waals surface area contributed by atoms with Gasteiger partial charge in [-0.1, -0.05) is 12.1 Å². The second kappa shape index (κ2) is 8.84. The molecule has 1 fully saturated rings. The van der Waals surface area contributed by atoms with Crippen molar-refractivity contribution in [2.75, 3.05) is 27.3 Å². The molecule has 0 atom stereocenters. The molecule has 30 heavy (non-hydrogen) atoms. The van der Waals surface area contributed by atoms with E-state index in [0.717, 1.165) is 64.8 Å². The summed E-state index contributed by atoms with van der Waals surface area (Å²) in [6.07, 6.45) is 3.81. The molecule has 1 aliphatic heterocycles. The predicted molar refractivity (Wildman–Crippen MR) is 118 cm³/mol. The highest BCUT2D eigenvalue weighted by molar-refractivity contribution is 5.94. The number of aromatic nitrogens is 1. The van der Waals surface area contributed by atoms with Gasteiger partial charge in [0, 0.05) is 49.0 Å². The molecule has 0 bridgehead atoms. The molecule has 2 aromatic carbocycles. The summed E-state index contributed by atoms with van der Waals surface area (Å²) in [5.74, 6) is 1.37. The quantitative estimate of drug-likeness (QED) is 0.618. The summed E-state index contributed by atoms with van der Waals surface area (Å²) in [4.78, 5) is 19.5. The van der Waals surface area contributed by atoms with Gasteiger partial charge in [-0.25, -0.2) is 0 Å². The first-order chi connectivity index (χ1) is 14.6. The Morgan fingerprint density at radius 1 is 1.07 bits per heavy atom. The van der Waals surface area contributed by atoms with Crippen molar-refractivity contribution in [1.82, 2.24) is 9.88 Å². The van der Waals surface area contributed by atoms with Crippen LogP contribution in [0.25, 0.3) is 10.8 Å². The second-order valence-corrected chi connectivity index (χ2v) is 7.97. The first-order valence-corrected chi connectivity index (χ1v) is 10.4. The molecule has 1 aromatic heterocycles. The number of piperidine rings is 1. The number of amides is 1. The summed E-state index contributed by atoms with van der Waals surface area (Å²) >= 11 is 0. The van der Waals surface area contributed by atoms with Crippen LogP contribution in [0.2, 0.25) is 0 Å². The van der Waals surface area contributed by atoms with Crippen molar-refractivity contribution in [1.29, 1.82) is 0 Å². The molecule has 0 unspecified atom stereocenters. The molecule has 2 heterocycles. The summed E-state index contributed by atoms with van der Waals surface area (Å²) in [7, 11) is 3.37. The van der Waals surface area contributed by atoms with Gasteiger partial charge in [0.15, 0.2) is 0 Å². The molecule has 0 N–H and O–H groups in total. The summed E-state index contributed by atoms with van der Waals surface area (Å²) in [6, 6.07) is 14.1. The maximum atomic E-state index is 12.9. The molecule has 0 radical (unpaired) electrons. The van der Waals surface area contributed by atoms with Gasteiger partial charge in [0.1, 0.15) is 5.75 Å². The largest absolute Gasteiger partial charge is 0.496 e. The van der Waals surface area contributed by atoms with E-state index in [1.54, 1.807) is 14.2 Å². The Morgan fingerprint density at radius 2 is 1.80 bits per heavy atom. The number of carbonyl (C=O) groups excluding carboxylic acids is 1. The third-order valence-corrected chi connectivity index (χ3v) is 5.97. The van der Waals surface area contributed by atoms with Crippen LogP contribution in [0.5, 0.6) is 5.75 Å². The minimum Gasteiger partial charge on any atom is -0.496 e. The lowest BCUT2D eigenvalue weighted by molar-refractivity contribution is 0.0712.